The van der Waals surface area contributed by atoms with Gasteiger partial charge in [0.25, 0.3) is 5.69 Å². The van der Waals surface area contributed by atoms with E-state index in [9.17, 15) is 10.1 Å². The first kappa shape index (κ1) is 19.4. The Bertz CT molecular complexity index is 1180. The summed E-state index contributed by atoms with van der Waals surface area (Å²) in [6, 6.07) is 17.0. The van der Waals surface area contributed by atoms with Crippen LogP contribution in [0.15, 0.2) is 67.0 Å². The fourth-order valence-corrected chi connectivity index (χ4v) is 3.59. The minimum Gasteiger partial charge on any atom is -0.359 e. The van der Waals surface area contributed by atoms with Crippen molar-refractivity contribution in [2.45, 2.75) is 26.9 Å². The Labute approximate surface area is 174 Å². The van der Waals surface area contributed by atoms with Gasteiger partial charge in [0.15, 0.2) is 0 Å². The smallest absolute Gasteiger partial charge is 0.278 e. The molecular weight excluding hydrogens is 378 g/mol. The van der Waals surface area contributed by atoms with Gasteiger partial charge in [-0.3, -0.25) is 25.1 Å². The topological polar surface area (TPSA) is 85.0 Å². The van der Waals surface area contributed by atoms with E-state index >= 15 is 0 Å². The summed E-state index contributed by atoms with van der Waals surface area (Å²) >= 11 is 0. The van der Waals surface area contributed by atoms with Gasteiger partial charge in [0.05, 0.1) is 34.8 Å². The van der Waals surface area contributed by atoms with Gasteiger partial charge in [-0.25, -0.2) is 0 Å². The van der Waals surface area contributed by atoms with Crippen molar-refractivity contribution in [3.63, 3.8) is 0 Å². The van der Waals surface area contributed by atoms with E-state index in [2.05, 4.69) is 19.9 Å². The molecule has 0 saturated heterocycles. The van der Waals surface area contributed by atoms with Crippen molar-refractivity contribution in [1.82, 2.24) is 15.0 Å². The highest BCUT2D eigenvalue weighted by atomic mass is 16.6. The van der Waals surface area contributed by atoms with Gasteiger partial charge in [0.2, 0.25) is 0 Å². The van der Waals surface area contributed by atoms with Gasteiger partial charge in [0.1, 0.15) is 0 Å². The summed E-state index contributed by atoms with van der Waals surface area (Å²) in [4.78, 5) is 26.7. The van der Waals surface area contributed by atoms with Crippen LogP contribution in [0.5, 0.6) is 0 Å². The van der Waals surface area contributed by atoms with Gasteiger partial charge in [-0.2, -0.15) is 0 Å². The third kappa shape index (κ3) is 4.10. The van der Waals surface area contributed by atoms with Crippen molar-refractivity contribution < 1.29 is 4.92 Å². The van der Waals surface area contributed by atoms with Crippen molar-refractivity contribution in [2.24, 2.45) is 0 Å². The quantitative estimate of drug-likeness (QED) is 0.343. The van der Waals surface area contributed by atoms with E-state index < -0.39 is 0 Å². The van der Waals surface area contributed by atoms with Crippen molar-refractivity contribution >= 4 is 22.1 Å². The fourth-order valence-electron chi connectivity index (χ4n) is 3.59. The number of nitro groups is 1. The standard InChI is InChI=1S/C23H21N5O2/c1-16-5-3-7-18(25-16)14-27(15-19-8-4-6-17(2)26-19)22-9-10-23(28(29)30)21-13-24-12-11-20(21)22/h3-13H,14-15H2,1-2H3. The van der Waals surface area contributed by atoms with E-state index in [1.54, 1.807) is 24.5 Å². The van der Waals surface area contributed by atoms with Gasteiger partial charge in [-0.05, 0) is 50.2 Å². The zero-order valence-electron chi connectivity index (χ0n) is 16.8. The molecule has 0 spiro atoms. The Morgan fingerprint density at radius 1 is 0.867 bits per heavy atom. The molecule has 7 heteroatoms. The number of non-ortho nitro benzene ring substituents is 1. The number of pyridine rings is 3. The van der Waals surface area contributed by atoms with Crippen LogP contribution in [-0.4, -0.2) is 19.9 Å². The van der Waals surface area contributed by atoms with Crippen LogP contribution in [0.25, 0.3) is 10.8 Å². The Morgan fingerprint density at radius 2 is 1.50 bits per heavy atom. The van der Waals surface area contributed by atoms with E-state index in [-0.39, 0.29) is 10.6 Å². The van der Waals surface area contributed by atoms with Gasteiger partial charge in [-0.1, -0.05) is 12.1 Å². The molecule has 0 aliphatic heterocycles. The number of aryl methyl sites for hydroxylation is 2. The molecule has 7 nitrogen and oxygen atoms in total. The van der Waals surface area contributed by atoms with Crippen LogP contribution in [0.2, 0.25) is 0 Å². The summed E-state index contributed by atoms with van der Waals surface area (Å²) in [6.45, 7) is 5.02. The lowest BCUT2D eigenvalue weighted by Crippen LogP contribution is -2.24. The van der Waals surface area contributed by atoms with Crippen LogP contribution in [-0.2, 0) is 13.1 Å². The Hall–Kier alpha value is -3.87. The van der Waals surface area contributed by atoms with E-state index in [0.717, 1.165) is 33.8 Å². The molecule has 0 unspecified atom stereocenters. The number of nitro benzene ring substituents is 1. The lowest BCUT2D eigenvalue weighted by atomic mass is 10.1. The number of fused-ring (bicyclic) bond motifs is 1. The molecule has 0 atom stereocenters. The predicted octanol–water partition coefficient (Wildman–Crippen LogP) is 4.76. The number of hydrogen-bond donors (Lipinski definition) is 0. The second-order valence-corrected chi connectivity index (χ2v) is 7.18. The number of aromatic nitrogens is 3. The van der Waals surface area contributed by atoms with Gasteiger partial charge in [-0.15, -0.1) is 0 Å². The fraction of sp³-hybridized carbons (Fsp3) is 0.174. The first-order valence-electron chi connectivity index (χ1n) is 9.62. The zero-order valence-corrected chi connectivity index (χ0v) is 16.8. The van der Waals surface area contributed by atoms with Crippen LogP contribution >= 0.6 is 0 Å². The molecule has 0 bridgehead atoms. The van der Waals surface area contributed by atoms with Gasteiger partial charge >= 0.3 is 0 Å². The molecule has 0 saturated carbocycles. The van der Waals surface area contributed by atoms with E-state index in [1.807, 2.05) is 56.3 Å². The van der Waals surface area contributed by atoms with E-state index in [4.69, 9.17) is 0 Å². The molecule has 0 aliphatic rings. The number of benzene rings is 1. The largest absolute Gasteiger partial charge is 0.359 e. The predicted molar refractivity (Wildman–Crippen MR) is 116 cm³/mol. The summed E-state index contributed by atoms with van der Waals surface area (Å²) in [5.41, 5.74) is 4.65. The molecule has 3 heterocycles. The summed E-state index contributed by atoms with van der Waals surface area (Å²) in [7, 11) is 0. The minimum atomic E-state index is -0.373. The highest BCUT2D eigenvalue weighted by Gasteiger charge is 2.19. The molecule has 0 fully saturated rings. The molecule has 0 radical (unpaired) electrons. The van der Waals surface area contributed by atoms with Crippen LogP contribution in [0, 0.1) is 24.0 Å². The minimum absolute atomic E-state index is 0.0455. The SMILES string of the molecule is Cc1cccc(CN(Cc2cccc(C)n2)c2ccc([N+](=O)[O-])c3cnccc23)n1. The number of hydrogen-bond acceptors (Lipinski definition) is 6. The molecule has 0 N–H and O–H groups in total. The van der Waals surface area contributed by atoms with Crippen LogP contribution in [0.1, 0.15) is 22.8 Å². The van der Waals surface area contributed by atoms with E-state index in [0.29, 0.717) is 18.5 Å². The molecule has 30 heavy (non-hydrogen) atoms. The molecule has 0 aliphatic carbocycles. The number of anilines is 1. The third-order valence-electron chi connectivity index (χ3n) is 4.91. The average molecular weight is 399 g/mol. The van der Waals surface area contributed by atoms with Crippen molar-refractivity contribution in [1.29, 1.82) is 0 Å². The lowest BCUT2D eigenvalue weighted by Gasteiger charge is -2.26. The second-order valence-electron chi connectivity index (χ2n) is 7.18. The number of nitrogens with zero attached hydrogens (tertiary/aromatic N) is 5. The zero-order chi connectivity index (χ0) is 21.1. The maximum atomic E-state index is 11.5. The molecule has 3 aromatic heterocycles. The first-order valence-corrected chi connectivity index (χ1v) is 9.62. The summed E-state index contributed by atoms with van der Waals surface area (Å²) in [6.07, 6.45) is 3.20. The maximum Gasteiger partial charge on any atom is 0.278 e. The van der Waals surface area contributed by atoms with Crippen LogP contribution in [0.3, 0.4) is 0 Å². The Kier molecular flexibility index (Phi) is 5.34. The third-order valence-corrected chi connectivity index (χ3v) is 4.91. The summed E-state index contributed by atoms with van der Waals surface area (Å²) < 4.78 is 0. The normalized spacial score (nSPS) is 10.9. The van der Waals surface area contributed by atoms with Crippen LogP contribution in [0.4, 0.5) is 11.4 Å². The molecule has 1 aromatic carbocycles. The Balaban J connectivity index is 1.83. The van der Waals surface area contributed by atoms with Gasteiger partial charge in [0, 0.05) is 40.9 Å². The molecule has 150 valence electrons. The molecule has 4 rings (SSSR count). The second kappa shape index (κ2) is 8.24. The summed E-state index contributed by atoms with van der Waals surface area (Å²) in [5.74, 6) is 0. The Morgan fingerprint density at radius 3 is 2.07 bits per heavy atom. The first-order chi connectivity index (χ1) is 14.5. The monoisotopic (exact) mass is 399 g/mol. The average Bonchev–Trinajstić information content (AvgIpc) is 2.72. The molecule has 0 amide bonds. The van der Waals surface area contributed by atoms with Crippen molar-refractivity contribution in [2.75, 3.05) is 4.90 Å². The van der Waals surface area contributed by atoms with Crippen molar-refractivity contribution in [3.8, 4) is 0 Å². The van der Waals surface area contributed by atoms with Crippen molar-refractivity contribution in [3.05, 3.63) is 99.9 Å². The summed E-state index contributed by atoms with van der Waals surface area (Å²) in [5, 5.41) is 12.8. The molecular formula is C23H21N5O2. The highest BCUT2D eigenvalue weighted by Crippen LogP contribution is 2.34. The van der Waals surface area contributed by atoms with Crippen LogP contribution < -0.4 is 4.90 Å². The van der Waals surface area contributed by atoms with Gasteiger partial charge < -0.3 is 4.90 Å². The highest BCUT2D eigenvalue weighted by molar-refractivity contribution is 5.99. The number of rotatable bonds is 6. The molecule has 4 aromatic rings. The maximum absolute atomic E-state index is 11.5. The lowest BCUT2D eigenvalue weighted by molar-refractivity contribution is -0.383. The van der Waals surface area contributed by atoms with E-state index in [1.165, 1.54) is 0 Å².